The quantitative estimate of drug-likeness (QED) is 0.797. The number of phenols is 1. The van der Waals surface area contributed by atoms with E-state index in [2.05, 4.69) is 5.10 Å². The number of carbonyl (C=O) groups is 1. The number of nitrogens with zero attached hydrogens (tertiary/aromatic N) is 2. The highest BCUT2D eigenvalue weighted by Gasteiger charge is 2.69. The van der Waals surface area contributed by atoms with Gasteiger partial charge in [-0.1, -0.05) is 27.2 Å². The zero-order chi connectivity index (χ0) is 20.9. The van der Waals surface area contributed by atoms with Gasteiger partial charge in [-0.05, 0) is 54.9 Å². The molecule has 8 heteroatoms. The largest absolute Gasteiger partial charge is 0.508 e. The fraction of sp³-hybridized carbons (Fsp3) is 0.600. The number of aromatic hydroxyl groups is 1. The summed E-state index contributed by atoms with van der Waals surface area (Å²) in [5.74, 6) is -2.46. The summed E-state index contributed by atoms with van der Waals surface area (Å²) in [6.45, 7) is 6.02. The lowest BCUT2D eigenvalue weighted by atomic mass is 9.64. The third kappa shape index (κ3) is 3.17. The zero-order valence-electron chi connectivity index (χ0n) is 16.1. The van der Waals surface area contributed by atoms with Crippen molar-refractivity contribution in [2.75, 3.05) is 0 Å². The molecule has 154 valence electrons. The van der Waals surface area contributed by atoms with E-state index in [9.17, 15) is 28.2 Å². The number of rotatable bonds is 3. The molecule has 2 aliphatic rings. The van der Waals surface area contributed by atoms with Crippen molar-refractivity contribution in [3.05, 3.63) is 29.8 Å². The summed E-state index contributed by atoms with van der Waals surface area (Å²) < 4.78 is 42.2. The van der Waals surface area contributed by atoms with Crippen LogP contribution in [0.3, 0.4) is 0 Å². The second-order valence-electron chi connectivity index (χ2n) is 8.35. The summed E-state index contributed by atoms with van der Waals surface area (Å²) in [5.41, 5.74) is -3.42. The maximum Gasteiger partial charge on any atom is 0.439 e. The van der Waals surface area contributed by atoms with Gasteiger partial charge in [-0.25, -0.2) is 0 Å². The second kappa shape index (κ2) is 6.76. The van der Waals surface area contributed by atoms with Gasteiger partial charge < -0.3 is 10.2 Å². The van der Waals surface area contributed by atoms with E-state index in [0.717, 1.165) is 6.42 Å². The molecule has 1 amide bonds. The zero-order valence-corrected chi connectivity index (χ0v) is 16.1. The number of hydrogen-bond acceptors (Lipinski definition) is 4. The van der Waals surface area contributed by atoms with Gasteiger partial charge in [0.15, 0.2) is 0 Å². The Morgan fingerprint density at radius 3 is 2.43 bits per heavy atom. The Morgan fingerprint density at radius 1 is 1.29 bits per heavy atom. The first-order chi connectivity index (χ1) is 12.9. The first-order valence-corrected chi connectivity index (χ1v) is 9.42. The number of hydrazone groups is 1. The van der Waals surface area contributed by atoms with Gasteiger partial charge in [0.25, 0.3) is 11.6 Å². The average molecular weight is 398 g/mol. The minimum atomic E-state index is -5.06. The molecule has 1 aliphatic carbocycles. The smallest absolute Gasteiger partial charge is 0.439 e. The van der Waals surface area contributed by atoms with E-state index in [0.29, 0.717) is 12.8 Å². The Kier molecular flexibility index (Phi) is 4.98. The fourth-order valence-corrected chi connectivity index (χ4v) is 4.15. The molecule has 1 aliphatic heterocycles. The lowest BCUT2D eigenvalue weighted by Crippen LogP contribution is -2.62. The molecule has 28 heavy (non-hydrogen) atoms. The number of amides is 1. The summed E-state index contributed by atoms with van der Waals surface area (Å²) in [4.78, 5) is 12.8. The normalized spacial score (nSPS) is 28.1. The van der Waals surface area contributed by atoms with Crippen molar-refractivity contribution in [1.82, 2.24) is 5.01 Å². The predicted molar refractivity (Wildman–Crippen MR) is 97.6 cm³/mol. The Labute approximate surface area is 161 Å². The average Bonchev–Trinajstić information content (AvgIpc) is 2.95. The van der Waals surface area contributed by atoms with Crippen molar-refractivity contribution in [3.8, 4) is 5.75 Å². The molecule has 0 aromatic heterocycles. The number of aliphatic hydroxyl groups is 1. The van der Waals surface area contributed by atoms with Gasteiger partial charge in [-0.2, -0.15) is 23.3 Å². The van der Waals surface area contributed by atoms with Crippen LogP contribution in [-0.2, 0) is 0 Å². The molecular formula is C20H25F3N2O3. The molecule has 1 aromatic carbocycles. The number of phenolic OH excluding ortho intramolecular Hbond substituents is 1. The minimum Gasteiger partial charge on any atom is -0.508 e. The highest BCUT2D eigenvalue weighted by Crippen LogP contribution is 2.52. The van der Waals surface area contributed by atoms with Gasteiger partial charge in [0.1, 0.15) is 5.75 Å². The summed E-state index contributed by atoms with van der Waals surface area (Å²) in [5, 5.41) is 24.3. The van der Waals surface area contributed by atoms with Crippen molar-refractivity contribution in [2.45, 2.75) is 58.4 Å². The molecule has 0 spiro atoms. The summed E-state index contributed by atoms with van der Waals surface area (Å²) in [6, 6.07) is 4.82. The van der Waals surface area contributed by atoms with Crippen LogP contribution in [0.1, 0.15) is 56.8 Å². The first kappa shape index (κ1) is 20.6. The number of fused-ring (bicyclic) bond motifs is 1. The van der Waals surface area contributed by atoms with Crippen LogP contribution in [0.2, 0.25) is 0 Å². The molecule has 3 atom stereocenters. The number of carbonyl (C=O) groups excluding carboxylic acids is 1. The summed E-state index contributed by atoms with van der Waals surface area (Å²) in [6.07, 6.45) is -3.15. The van der Waals surface area contributed by atoms with Gasteiger partial charge in [-0.3, -0.25) is 4.79 Å². The SMILES string of the molecule is CCC(C)(C)[C@@H]1CCC2=NN(C(=O)c3ccc(O)cc3)[C@@](O)(C(F)(F)F)[C@H]2C1. The van der Waals surface area contributed by atoms with Crippen molar-refractivity contribution >= 4 is 11.6 Å². The minimum absolute atomic E-state index is 0.0148. The van der Waals surface area contributed by atoms with E-state index < -0.39 is 23.7 Å². The maximum atomic E-state index is 14.1. The van der Waals surface area contributed by atoms with Gasteiger partial charge >= 0.3 is 6.18 Å². The van der Waals surface area contributed by atoms with Crippen molar-refractivity contribution in [3.63, 3.8) is 0 Å². The Bertz CT molecular complexity index is 789. The van der Waals surface area contributed by atoms with Crippen LogP contribution in [0.4, 0.5) is 13.2 Å². The highest BCUT2D eigenvalue weighted by atomic mass is 19.4. The van der Waals surface area contributed by atoms with Crippen LogP contribution >= 0.6 is 0 Å². The monoisotopic (exact) mass is 398 g/mol. The van der Waals surface area contributed by atoms with Crippen molar-refractivity contribution < 1.29 is 28.2 Å². The first-order valence-electron chi connectivity index (χ1n) is 9.42. The van der Waals surface area contributed by atoms with Crippen LogP contribution < -0.4 is 0 Å². The molecule has 0 unspecified atom stereocenters. The Morgan fingerprint density at radius 2 is 1.89 bits per heavy atom. The molecule has 0 radical (unpaired) electrons. The van der Waals surface area contributed by atoms with Gasteiger partial charge in [-0.15, -0.1) is 0 Å². The predicted octanol–water partition coefficient (Wildman–Crippen LogP) is 4.31. The van der Waals surface area contributed by atoms with Crippen LogP contribution in [0.5, 0.6) is 5.75 Å². The Balaban J connectivity index is 2.00. The topological polar surface area (TPSA) is 73.1 Å². The molecule has 1 aromatic rings. The number of halogens is 3. The van der Waals surface area contributed by atoms with Crippen molar-refractivity contribution in [1.29, 1.82) is 0 Å². The third-order valence-electron chi connectivity index (χ3n) is 6.45. The summed E-state index contributed by atoms with van der Waals surface area (Å²) in [7, 11) is 0. The van der Waals surface area contributed by atoms with Crippen LogP contribution in [-0.4, -0.2) is 38.7 Å². The highest BCUT2D eigenvalue weighted by molar-refractivity contribution is 5.99. The molecule has 1 saturated carbocycles. The molecule has 0 saturated heterocycles. The number of alkyl halides is 3. The van der Waals surface area contributed by atoms with Gasteiger partial charge in [0.2, 0.25) is 0 Å². The number of benzene rings is 1. The van der Waals surface area contributed by atoms with E-state index in [1.165, 1.54) is 24.3 Å². The maximum absolute atomic E-state index is 14.1. The molecule has 5 nitrogen and oxygen atoms in total. The Hall–Kier alpha value is -2.09. The molecule has 3 rings (SSSR count). The van der Waals surface area contributed by atoms with Crippen LogP contribution in [0.15, 0.2) is 29.4 Å². The molecule has 2 N–H and O–H groups in total. The fourth-order valence-electron chi connectivity index (χ4n) is 4.15. The molecule has 0 bridgehead atoms. The number of hydrogen-bond donors (Lipinski definition) is 2. The second-order valence-corrected chi connectivity index (χ2v) is 8.35. The lowest BCUT2D eigenvalue weighted by molar-refractivity contribution is -0.314. The summed E-state index contributed by atoms with van der Waals surface area (Å²) >= 11 is 0. The van der Waals surface area contributed by atoms with E-state index in [1.807, 2.05) is 20.8 Å². The molecule has 1 heterocycles. The third-order valence-corrected chi connectivity index (χ3v) is 6.45. The van der Waals surface area contributed by atoms with Gasteiger partial charge in [0, 0.05) is 11.3 Å². The molecule has 1 fully saturated rings. The lowest BCUT2D eigenvalue weighted by Gasteiger charge is -2.43. The van der Waals surface area contributed by atoms with E-state index in [1.54, 1.807) is 0 Å². The standard InChI is InChI=1S/C20H25F3N2O3/c1-4-18(2,3)13-7-10-16-15(11-13)19(28,20(21,22)23)25(24-16)17(27)12-5-8-14(26)9-6-12/h5-6,8-9,13,15,26,28H,4,7,10-11H2,1-3H3/t13-,15+,19+/m1/s1. The molecular weight excluding hydrogens is 373 g/mol. The van der Waals surface area contributed by atoms with E-state index >= 15 is 0 Å². The van der Waals surface area contributed by atoms with E-state index in [4.69, 9.17) is 0 Å². The van der Waals surface area contributed by atoms with E-state index in [-0.39, 0.29) is 39.8 Å². The van der Waals surface area contributed by atoms with Crippen molar-refractivity contribution in [2.24, 2.45) is 22.4 Å². The van der Waals surface area contributed by atoms with Gasteiger partial charge in [0.05, 0.1) is 5.92 Å². The van der Waals surface area contributed by atoms with Crippen LogP contribution in [0.25, 0.3) is 0 Å². The van der Waals surface area contributed by atoms with Crippen LogP contribution in [0, 0.1) is 17.3 Å².